The van der Waals surface area contributed by atoms with Crippen molar-refractivity contribution in [2.45, 2.75) is 44.6 Å². The number of amides is 4. The van der Waals surface area contributed by atoms with E-state index in [0.717, 1.165) is 36.2 Å². The summed E-state index contributed by atoms with van der Waals surface area (Å²) in [6.45, 7) is 0. The summed E-state index contributed by atoms with van der Waals surface area (Å²) in [6.07, 6.45) is 5.65. The number of nitrogens with zero attached hydrogens (tertiary/aromatic N) is 1. The third kappa shape index (κ3) is 2.46. The summed E-state index contributed by atoms with van der Waals surface area (Å²) in [4.78, 5) is 49.5. The smallest absolute Gasteiger partial charge is 0.265 e. The van der Waals surface area contributed by atoms with E-state index in [1.165, 1.54) is 12.1 Å². The Hall–Kier alpha value is -2.83. The van der Waals surface area contributed by atoms with Gasteiger partial charge in [0.15, 0.2) is 0 Å². The van der Waals surface area contributed by atoms with Gasteiger partial charge in [-0.3, -0.25) is 29.4 Å². The van der Waals surface area contributed by atoms with Crippen molar-refractivity contribution in [1.82, 2.24) is 10.2 Å². The quantitative estimate of drug-likeness (QED) is 0.824. The molecule has 4 rings (SSSR count). The number of carbonyl (C=O) groups excluding carboxylic acids is 4. The third-order valence-electron chi connectivity index (χ3n) is 5.18. The number of fused-ring (bicyclic) bond motifs is 1. The fourth-order valence-corrected chi connectivity index (χ4v) is 3.85. The molecule has 1 aromatic carbocycles. The Morgan fingerprint density at radius 3 is 2.46 bits per heavy atom. The average Bonchev–Trinajstić information content (AvgIpc) is 2.88. The molecular formula is C19H17FN2O4. The molecule has 2 aliphatic heterocycles. The second-order valence-electron chi connectivity index (χ2n) is 6.77. The molecule has 0 radical (unpaired) electrons. The second-order valence-corrected chi connectivity index (χ2v) is 6.77. The molecule has 26 heavy (non-hydrogen) atoms. The molecule has 0 spiro atoms. The molecule has 1 unspecified atom stereocenters. The number of piperidine rings is 1. The molecule has 0 aromatic heterocycles. The molecule has 4 amide bonds. The highest BCUT2D eigenvalue weighted by molar-refractivity contribution is 6.23. The molecule has 1 fully saturated rings. The Morgan fingerprint density at radius 1 is 1.00 bits per heavy atom. The van der Waals surface area contributed by atoms with Crippen LogP contribution in [-0.2, 0) is 9.59 Å². The molecule has 1 saturated heterocycles. The van der Waals surface area contributed by atoms with E-state index in [1.54, 1.807) is 0 Å². The lowest BCUT2D eigenvalue weighted by atomic mass is 9.91. The van der Waals surface area contributed by atoms with Crippen molar-refractivity contribution in [1.29, 1.82) is 0 Å². The first-order valence-electron chi connectivity index (χ1n) is 8.72. The van der Waals surface area contributed by atoms with E-state index in [0.29, 0.717) is 5.56 Å². The van der Waals surface area contributed by atoms with Crippen molar-refractivity contribution >= 4 is 29.2 Å². The van der Waals surface area contributed by atoms with Crippen LogP contribution in [0.1, 0.15) is 64.8 Å². The summed E-state index contributed by atoms with van der Waals surface area (Å²) in [5.74, 6) is -3.35. The van der Waals surface area contributed by atoms with Crippen LogP contribution in [0.4, 0.5) is 4.39 Å². The van der Waals surface area contributed by atoms with Crippen molar-refractivity contribution in [2.24, 2.45) is 0 Å². The number of rotatable bonds is 2. The van der Waals surface area contributed by atoms with Gasteiger partial charge < -0.3 is 0 Å². The van der Waals surface area contributed by atoms with Gasteiger partial charge in [-0.25, -0.2) is 4.39 Å². The highest BCUT2D eigenvalue weighted by atomic mass is 19.1. The van der Waals surface area contributed by atoms with Crippen LogP contribution >= 0.6 is 0 Å². The number of hydrogen-bond donors (Lipinski definition) is 1. The van der Waals surface area contributed by atoms with E-state index in [4.69, 9.17) is 0 Å². The van der Waals surface area contributed by atoms with Gasteiger partial charge in [-0.1, -0.05) is 12.1 Å². The van der Waals surface area contributed by atoms with E-state index in [9.17, 15) is 19.2 Å². The fourth-order valence-electron chi connectivity index (χ4n) is 3.85. The Balaban J connectivity index is 1.73. The Morgan fingerprint density at radius 2 is 1.77 bits per heavy atom. The summed E-state index contributed by atoms with van der Waals surface area (Å²) in [6, 6.07) is 1.90. The zero-order chi connectivity index (χ0) is 18.4. The fraction of sp³-hybridized carbons (Fsp3) is 0.368. The van der Waals surface area contributed by atoms with Crippen molar-refractivity contribution in [3.8, 4) is 0 Å². The van der Waals surface area contributed by atoms with E-state index in [1.807, 2.05) is 6.08 Å². The summed E-state index contributed by atoms with van der Waals surface area (Å²) in [5.41, 5.74) is 0.881. The number of carbonyl (C=O) groups is 4. The lowest BCUT2D eigenvalue weighted by Gasteiger charge is -2.27. The molecule has 1 N–H and O–H groups in total. The minimum atomic E-state index is -1.09. The summed E-state index contributed by atoms with van der Waals surface area (Å²) >= 11 is 0. The SMILES string of the molecule is O=C1CCC(N2C(=O)c3ccc(C4=CCCCC4)c(F)c3C2=O)C(=O)N1. The highest BCUT2D eigenvalue weighted by Crippen LogP contribution is 2.35. The number of nitrogens with one attached hydrogen (secondary N) is 1. The zero-order valence-electron chi connectivity index (χ0n) is 14.0. The van der Waals surface area contributed by atoms with Crippen LogP contribution in [0, 0.1) is 5.82 Å². The molecule has 0 bridgehead atoms. The first kappa shape index (κ1) is 16.6. The summed E-state index contributed by atoms with van der Waals surface area (Å²) in [5, 5.41) is 2.12. The van der Waals surface area contributed by atoms with Crippen molar-refractivity contribution in [3.63, 3.8) is 0 Å². The predicted molar refractivity (Wildman–Crippen MR) is 89.5 cm³/mol. The lowest BCUT2D eigenvalue weighted by Crippen LogP contribution is -2.54. The van der Waals surface area contributed by atoms with Gasteiger partial charge in [0.1, 0.15) is 11.9 Å². The van der Waals surface area contributed by atoms with Gasteiger partial charge in [0, 0.05) is 12.0 Å². The van der Waals surface area contributed by atoms with Gasteiger partial charge in [0.05, 0.1) is 11.1 Å². The largest absolute Gasteiger partial charge is 0.295 e. The van der Waals surface area contributed by atoms with E-state index in [-0.39, 0.29) is 24.0 Å². The zero-order valence-corrected chi connectivity index (χ0v) is 14.0. The Labute approximate surface area is 149 Å². The molecule has 1 aliphatic carbocycles. The highest BCUT2D eigenvalue weighted by Gasteiger charge is 2.46. The van der Waals surface area contributed by atoms with Crippen LogP contribution in [0.25, 0.3) is 5.57 Å². The first-order valence-corrected chi connectivity index (χ1v) is 8.72. The van der Waals surface area contributed by atoms with Crippen molar-refractivity contribution in [2.75, 3.05) is 0 Å². The van der Waals surface area contributed by atoms with Gasteiger partial charge in [0.2, 0.25) is 11.8 Å². The Bertz CT molecular complexity index is 890. The average molecular weight is 356 g/mol. The third-order valence-corrected chi connectivity index (χ3v) is 5.18. The first-order chi connectivity index (χ1) is 12.5. The van der Waals surface area contributed by atoms with Crippen LogP contribution < -0.4 is 5.32 Å². The van der Waals surface area contributed by atoms with Gasteiger partial charge in [-0.05, 0) is 43.7 Å². The summed E-state index contributed by atoms with van der Waals surface area (Å²) in [7, 11) is 0. The minimum Gasteiger partial charge on any atom is -0.295 e. The molecule has 0 saturated carbocycles. The number of allylic oxidation sites excluding steroid dienone is 2. The van der Waals surface area contributed by atoms with Crippen LogP contribution in [0.5, 0.6) is 0 Å². The van der Waals surface area contributed by atoms with Crippen molar-refractivity contribution < 1.29 is 23.6 Å². The maximum absolute atomic E-state index is 15.1. The van der Waals surface area contributed by atoms with Gasteiger partial charge in [0.25, 0.3) is 11.8 Å². The molecule has 6 nitrogen and oxygen atoms in total. The maximum Gasteiger partial charge on any atom is 0.265 e. The molecular weight excluding hydrogens is 339 g/mol. The summed E-state index contributed by atoms with van der Waals surface area (Å²) < 4.78 is 15.1. The molecule has 1 aromatic rings. The van der Waals surface area contributed by atoms with Crippen LogP contribution in [-0.4, -0.2) is 34.6 Å². The minimum absolute atomic E-state index is 0.0302. The molecule has 1 atom stereocenters. The van der Waals surface area contributed by atoms with Gasteiger partial charge in [-0.2, -0.15) is 0 Å². The van der Waals surface area contributed by atoms with E-state index >= 15 is 4.39 Å². The van der Waals surface area contributed by atoms with Crippen LogP contribution in [0.3, 0.4) is 0 Å². The molecule has 134 valence electrons. The van der Waals surface area contributed by atoms with Gasteiger partial charge >= 0.3 is 0 Å². The number of halogens is 1. The van der Waals surface area contributed by atoms with Crippen LogP contribution in [0.2, 0.25) is 0 Å². The topological polar surface area (TPSA) is 83.6 Å². The predicted octanol–water partition coefficient (Wildman–Crippen LogP) is 2.18. The second kappa shape index (κ2) is 6.16. The van der Waals surface area contributed by atoms with Crippen LogP contribution in [0.15, 0.2) is 18.2 Å². The Kier molecular flexibility index (Phi) is 3.94. The molecule has 3 aliphatic rings. The number of benzene rings is 1. The lowest BCUT2D eigenvalue weighted by molar-refractivity contribution is -0.136. The van der Waals surface area contributed by atoms with E-state index in [2.05, 4.69) is 5.32 Å². The maximum atomic E-state index is 15.1. The standard InChI is InChI=1S/C19H17FN2O4/c20-16-11(10-4-2-1-3-5-10)6-7-12-15(16)19(26)22(18(12)25)13-8-9-14(23)21-17(13)24/h4,6-7,13H,1-3,5,8-9H2,(H,21,23,24). The van der Waals surface area contributed by atoms with E-state index < -0.39 is 35.5 Å². The number of hydrogen-bond acceptors (Lipinski definition) is 4. The number of imide groups is 2. The van der Waals surface area contributed by atoms with Gasteiger partial charge in [-0.15, -0.1) is 0 Å². The monoisotopic (exact) mass is 356 g/mol. The van der Waals surface area contributed by atoms with Crippen molar-refractivity contribution in [3.05, 3.63) is 40.7 Å². The molecule has 7 heteroatoms. The molecule has 2 heterocycles. The normalized spacial score (nSPS) is 23.0.